The summed E-state index contributed by atoms with van der Waals surface area (Å²) in [5.74, 6) is 0. The molecule has 0 bridgehead atoms. The topological polar surface area (TPSA) is 41.3 Å². The standard InChI is InChI=1S/C18H17N3.ClH/c19-13-10-11-18-16(12-13)20-15-8-4-5-9-17(15)21(18)14-6-2-1-3-7-14;/h1-10,12,18,20H,11,19H2;1H. The molecule has 1 heterocycles. The van der Waals surface area contributed by atoms with Gasteiger partial charge in [0.25, 0.3) is 0 Å². The van der Waals surface area contributed by atoms with Crippen LogP contribution in [0.4, 0.5) is 17.1 Å². The fraction of sp³-hybridized carbons (Fsp3) is 0.111. The first kappa shape index (κ1) is 14.5. The second-order valence-corrected chi connectivity index (χ2v) is 5.40. The summed E-state index contributed by atoms with van der Waals surface area (Å²) in [4.78, 5) is 2.39. The molecule has 2 aliphatic rings. The van der Waals surface area contributed by atoms with E-state index < -0.39 is 0 Å². The number of benzene rings is 2. The van der Waals surface area contributed by atoms with Crippen molar-refractivity contribution in [1.82, 2.24) is 0 Å². The van der Waals surface area contributed by atoms with Crippen molar-refractivity contribution in [3.05, 3.63) is 78.1 Å². The summed E-state index contributed by atoms with van der Waals surface area (Å²) in [6, 6.07) is 19.2. The Bertz CT molecular complexity index is 737. The Kier molecular flexibility index (Phi) is 3.82. The molecule has 0 amide bonds. The molecule has 112 valence electrons. The normalized spacial score (nSPS) is 18.9. The van der Waals surface area contributed by atoms with Gasteiger partial charge in [-0.15, -0.1) is 12.4 Å². The summed E-state index contributed by atoms with van der Waals surface area (Å²) in [5.41, 5.74) is 11.5. The number of nitrogens with one attached hydrogen (secondary N) is 1. The van der Waals surface area contributed by atoms with Crippen molar-refractivity contribution in [3.8, 4) is 0 Å². The van der Waals surface area contributed by atoms with Crippen LogP contribution in [0, 0.1) is 0 Å². The highest BCUT2D eigenvalue weighted by Crippen LogP contribution is 2.42. The molecule has 0 saturated carbocycles. The van der Waals surface area contributed by atoms with Crippen LogP contribution >= 0.6 is 12.4 Å². The molecule has 1 unspecified atom stereocenters. The number of nitrogens with zero attached hydrogens (tertiary/aromatic N) is 1. The molecule has 0 fully saturated rings. The summed E-state index contributed by atoms with van der Waals surface area (Å²) >= 11 is 0. The van der Waals surface area contributed by atoms with Crippen molar-refractivity contribution >= 4 is 29.5 Å². The minimum absolute atomic E-state index is 0. The van der Waals surface area contributed by atoms with Crippen LogP contribution in [-0.2, 0) is 0 Å². The van der Waals surface area contributed by atoms with E-state index in [0.29, 0.717) is 0 Å². The zero-order chi connectivity index (χ0) is 14.2. The first-order valence-electron chi connectivity index (χ1n) is 7.20. The van der Waals surface area contributed by atoms with Gasteiger partial charge in [-0.2, -0.15) is 0 Å². The van der Waals surface area contributed by atoms with E-state index >= 15 is 0 Å². The minimum Gasteiger partial charge on any atom is -0.399 e. The maximum atomic E-state index is 5.97. The van der Waals surface area contributed by atoms with Crippen LogP contribution in [0.15, 0.2) is 78.1 Å². The number of rotatable bonds is 1. The van der Waals surface area contributed by atoms with Crippen LogP contribution in [0.1, 0.15) is 6.42 Å². The number of para-hydroxylation sites is 3. The summed E-state index contributed by atoms with van der Waals surface area (Å²) in [6.45, 7) is 0. The third-order valence-corrected chi connectivity index (χ3v) is 4.05. The van der Waals surface area contributed by atoms with Crippen LogP contribution in [0.25, 0.3) is 0 Å². The minimum atomic E-state index is 0. The van der Waals surface area contributed by atoms with Crippen molar-refractivity contribution in [1.29, 1.82) is 0 Å². The number of hydrogen-bond donors (Lipinski definition) is 2. The highest BCUT2D eigenvalue weighted by Gasteiger charge is 2.31. The van der Waals surface area contributed by atoms with Gasteiger partial charge in [0.05, 0.1) is 17.4 Å². The predicted molar refractivity (Wildman–Crippen MR) is 94.7 cm³/mol. The van der Waals surface area contributed by atoms with Gasteiger partial charge in [-0.3, -0.25) is 0 Å². The van der Waals surface area contributed by atoms with E-state index in [2.05, 4.69) is 64.8 Å². The van der Waals surface area contributed by atoms with Gasteiger partial charge in [-0.1, -0.05) is 36.4 Å². The smallest absolute Gasteiger partial charge is 0.0777 e. The Hall–Kier alpha value is -2.39. The van der Waals surface area contributed by atoms with Crippen molar-refractivity contribution in [3.63, 3.8) is 0 Å². The number of nitrogens with two attached hydrogens (primary N) is 1. The first-order chi connectivity index (χ1) is 10.3. The molecule has 4 rings (SSSR count). The highest BCUT2D eigenvalue weighted by molar-refractivity contribution is 5.85. The average molecular weight is 312 g/mol. The van der Waals surface area contributed by atoms with E-state index in [4.69, 9.17) is 5.73 Å². The molecule has 1 aliphatic carbocycles. The van der Waals surface area contributed by atoms with E-state index in [1.165, 1.54) is 11.4 Å². The second kappa shape index (κ2) is 5.78. The first-order valence-corrected chi connectivity index (χ1v) is 7.20. The lowest BCUT2D eigenvalue weighted by Crippen LogP contribution is -2.40. The highest BCUT2D eigenvalue weighted by atomic mass is 35.5. The fourth-order valence-electron chi connectivity index (χ4n) is 3.09. The number of halogens is 1. The zero-order valence-corrected chi connectivity index (χ0v) is 12.9. The van der Waals surface area contributed by atoms with Gasteiger partial charge in [0.1, 0.15) is 0 Å². The van der Waals surface area contributed by atoms with Gasteiger partial charge < -0.3 is 16.0 Å². The molecule has 0 spiro atoms. The predicted octanol–water partition coefficient (Wildman–Crippen LogP) is 4.17. The summed E-state index contributed by atoms with van der Waals surface area (Å²) in [6.07, 6.45) is 5.05. The van der Waals surface area contributed by atoms with Crippen LogP contribution in [-0.4, -0.2) is 6.04 Å². The Morgan fingerprint density at radius 1 is 1.00 bits per heavy atom. The lowest BCUT2D eigenvalue weighted by atomic mass is 9.96. The van der Waals surface area contributed by atoms with Crippen molar-refractivity contribution in [2.45, 2.75) is 12.5 Å². The molecule has 1 aliphatic heterocycles. The lowest BCUT2D eigenvalue weighted by molar-refractivity contribution is 0.726. The number of hydrogen-bond acceptors (Lipinski definition) is 3. The molecule has 0 aromatic heterocycles. The Morgan fingerprint density at radius 3 is 2.55 bits per heavy atom. The van der Waals surface area contributed by atoms with E-state index in [1.54, 1.807) is 0 Å². The Labute approximate surface area is 136 Å². The van der Waals surface area contributed by atoms with Gasteiger partial charge in [0, 0.05) is 17.1 Å². The zero-order valence-electron chi connectivity index (χ0n) is 12.1. The monoisotopic (exact) mass is 311 g/mol. The average Bonchev–Trinajstić information content (AvgIpc) is 2.53. The fourth-order valence-corrected chi connectivity index (χ4v) is 3.09. The van der Waals surface area contributed by atoms with E-state index in [1.807, 2.05) is 12.1 Å². The lowest BCUT2D eigenvalue weighted by Gasteiger charge is -2.42. The maximum Gasteiger partial charge on any atom is 0.0777 e. The third kappa shape index (κ3) is 2.34. The molecular formula is C18H18ClN3. The van der Waals surface area contributed by atoms with E-state index in [9.17, 15) is 0 Å². The second-order valence-electron chi connectivity index (χ2n) is 5.40. The van der Waals surface area contributed by atoms with Crippen LogP contribution < -0.4 is 16.0 Å². The summed E-state index contributed by atoms with van der Waals surface area (Å²) in [7, 11) is 0. The van der Waals surface area contributed by atoms with Gasteiger partial charge in [0.2, 0.25) is 0 Å². The van der Waals surface area contributed by atoms with Crippen molar-refractivity contribution < 1.29 is 0 Å². The number of fused-ring (bicyclic) bond motifs is 2. The quantitative estimate of drug-likeness (QED) is 0.830. The SMILES string of the molecule is Cl.NC1=CCC2C(=C1)Nc1ccccc1N2c1ccccc1. The molecule has 2 aromatic carbocycles. The third-order valence-electron chi connectivity index (χ3n) is 4.05. The summed E-state index contributed by atoms with van der Waals surface area (Å²) < 4.78 is 0. The molecule has 4 heteroatoms. The van der Waals surface area contributed by atoms with Gasteiger partial charge >= 0.3 is 0 Å². The molecule has 0 saturated heterocycles. The molecular weight excluding hydrogens is 294 g/mol. The summed E-state index contributed by atoms with van der Waals surface area (Å²) in [5, 5.41) is 3.53. The van der Waals surface area contributed by atoms with Crippen molar-refractivity contribution in [2.24, 2.45) is 5.73 Å². The molecule has 3 nitrogen and oxygen atoms in total. The van der Waals surface area contributed by atoms with Crippen LogP contribution in [0.3, 0.4) is 0 Å². The largest absolute Gasteiger partial charge is 0.399 e. The van der Waals surface area contributed by atoms with Crippen molar-refractivity contribution in [2.75, 3.05) is 10.2 Å². The number of anilines is 3. The Morgan fingerprint density at radius 2 is 1.73 bits per heavy atom. The Balaban J connectivity index is 0.00000144. The van der Waals surface area contributed by atoms with Gasteiger partial charge in [-0.25, -0.2) is 0 Å². The van der Waals surface area contributed by atoms with Crippen LogP contribution in [0.2, 0.25) is 0 Å². The molecule has 22 heavy (non-hydrogen) atoms. The molecule has 0 radical (unpaired) electrons. The van der Waals surface area contributed by atoms with E-state index in [-0.39, 0.29) is 18.4 Å². The molecule has 3 N–H and O–H groups in total. The van der Waals surface area contributed by atoms with Crippen LogP contribution in [0.5, 0.6) is 0 Å². The molecule has 2 aromatic rings. The molecule has 1 atom stereocenters. The number of allylic oxidation sites excluding steroid dienone is 1. The maximum absolute atomic E-state index is 5.97. The van der Waals surface area contributed by atoms with Gasteiger partial charge in [-0.05, 0) is 36.8 Å². The van der Waals surface area contributed by atoms with E-state index in [0.717, 1.165) is 23.5 Å². The van der Waals surface area contributed by atoms with Gasteiger partial charge in [0.15, 0.2) is 0 Å².